The summed E-state index contributed by atoms with van der Waals surface area (Å²) in [5.41, 5.74) is 0.862. The van der Waals surface area contributed by atoms with Crippen molar-refractivity contribution in [2.45, 2.75) is 12.8 Å². The number of carbonyl (C=O) groups excluding carboxylic acids is 1. The minimum Gasteiger partial charge on any atom is -0.465 e. The number of carbonyl (C=O) groups is 1. The zero-order chi connectivity index (χ0) is 18.2. The highest BCUT2D eigenvalue weighted by Gasteiger charge is 2.21. The molecule has 0 atom stereocenters. The molecule has 0 bridgehead atoms. The van der Waals surface area contributed by atoms with Crippen LogP contribution in [-0.2, 0) is 9.53 Å². The van der Waals surface area contributed by atoms with Gasteiger partial charge in [0.25, 0.3) is 0 Å². The molecule has 1 aromatic carbocycles. The second-order valence-corrected chi connectivity index (χ2v) is 5.22. The van der Waals surface area contributed by atoms with Crippen molar-refractivity contribution in [1.82, 2.24) is 20.2 Å². The van der Waals surface area contributed by atoms with Crippen molar-refractivity contribution < 1.29 is 13.9 Å². The third-order valence-electron chi connectivity index (χ3n) is 3.43. The van der Waals surface area contributed by atoms with Crippen LogP contribution in [0.2, 0.25) is 0 Å². The number of ether oxygens (including phenoxy) is 1. The monoisotopic (exact) mass is 349 g/mol. The first-order valence-electron chi connectivity index (χ1n) is 7.93. The molecule has 0 saturated carbocycles. The maximum atomic E-state index is 12.6. The lowest BCUT2D eigenvalue weighted by molar-refractivity contribution is -0.137. The van der Waals surface area contributed by atoms with Crippen LogP contribution in [0.1, 0.15) is 18.6 Å². The van der Waals surface area contributed by atoms with Crippen LogP contribution in [0.15, 0.2) is 53.1 Å². The maximum absolute atomic E-state index is 12.6. The Labute approximate surface area is 149 Å². The summed E-state index contributed by atoms with van der Waals surface area (Å²) < 4.78 is 11.9. The first kappa shape index (κ1) is 17.1. The second-order valence-electron chi connectivity index (χ2n) is 5.22. The Morgan fingerprint density at radius 2 is 2.12 bits per heavy atom. The van der Waals surface area contributed by atoms with E-state index in [1.807, 2.05) is 36.4 Å². The highest BCUT2D eigenvalue weighted by atomic mass is 16.5. The Bertz CT molecular complexity index is 923. The molecule has 0 radical (unpaired) electrons. The average Bonchev–Trinajstić information content (AvgIpc) is 3.35. The normalized spacial score (nSPS) is 11.1. The van der Waals surface area contributed by atoms with Gasteiger partial charge in [0.15, 0.2) is 11.5 Å². The van der Waals surface area contributed by atoms with E-state index in [0.717, 1.165) is 5.56 Å². The largest absolute Gasteiger partial charge is 0.465 e. The highest BCUT2D eigenvalue weighted by Crippen LogP contribution is 2.21. The van der Waals surface area contributed by atoms with Crippen molar-refractivity contribution in [2.24, 2.45) is 0 Å². The van der Waals surface area contributed by atoms with Gasteiger partial charge >= 0.3 is 5.97 Å². The molecule has 0 aliphatic carbocycles. The van der Waals surface area contributed by atoms with Crippen LogP contribution in [0.4, 0.5) is 0 Å². The van der Waals surface area contributed by atoms with Crippen molar-refractivity contribution in [2.75, 3.05) is 6.61 Å². The lowest BCUT2D eigenvalue weighted by Gasteiger charge is -2.09. The molecule has 8 nitrogen and oxygen atoms in total. The number of nitriles is 1. The number of nitrogens with zero attached hydrogens (tertiary/aromatic N) is 5. The third kappa shape index (κ3) is 4.02. The predicted molar refractivity (Wildman–Crippen MR) is 91.9 cm³/mol. The summed E-state index contributed by atoms with van der Waals surface area (Å²) in [4.78, 5) is 12.6. The van der Waals surface area contributed by atoms with E-state index in [1.165, 1.54) is 17.0 Å². The first-order valence-corrected chi connectivity index (χ1v) is 7.93. The Morgan fingerprint density at radius 1 is 1.27 bits per heavy atom. The van der Waals surface area contributed by atoms with Gasteiger partial charge in [0.2, 0.25) is 0 Å². The lowest BCUT2D eigenvalue weighted by Crippen LogP contribution is -2.15. The molecule has 26 heavy (non-hydrogen) atoms. The van der Waals surface area contributed by atoms with Crippen molar-refractivity contribution in [3.63, 3.8) is 0 Å². The quantitative estimate of drug-likeness (QED) is 0.367. The molecular weight excluding hydrogens is 334 g/mol. The topological polar surface area (TPSA) is 107 Å². The highest BCUT2D eigenvalue weighted by molar-refractivity contribution is 6.15. The molecule has 2 heterocycles. The van der Waals surface area contributed by atoms with Crippen LogP contribution in [0.5, 0.6) is 0 Å². The molecule has 0 aliphatic rings. The number of aromatic nitrogens is 4. The number of rotatable bonds is 7. The molecule has 0 saturated heterocycles. The summed E-state index contributed by atoms with van der Waals surface area (Å²) in [6, 6.07) is 14.7. The van der Waals surface area contributed by atoms with Gasteiger partial charge in [0, 0.05) is 18.1 Å². The molecule has 130 valence electrons. The molecule has 3 aromatic rings. The summed E-state index contributed by atoms with van der Waals surface area (Å²) >= 11 is 0. The Balaban J connectivity index is 1.94. The van der Waals surface area contributed by atoms with Crippen molar-refractivity contribution >= 4 is 17.7 Å². The van der Waals surface area contributed by atoms with Crippen LogP contribution >= 0.6 is 0 Å². The van der Waals surface area contributed by atoms with Crippen LogP contribution in [0, 0.1) is 11.3 Å². The van der Waals surface area contributed by atoms with Gasteiger partial charge in [0.1, 0.15) is 5.76 Å². The van der Waals surface area contributed by atoms with E-state index in [1.54, 1.807) is 12.1 Å². The van der Waals surface area contributed by atoms with Gasteiger partial charge in [-0.1, -0.05) is 30.3 Å². The Kier molecular flexibility index (Phi) is 5.52. The Hall–Kier alpha value is -3.73. The number of tetrazole rings is 1. The fourth-order valence-electron chi connectivity index (χ4n) is 2.22. The van der Waals surface area contributed by atoms with Gasteiger partial charge in [-0.3, -0.25) is 0 Å². The molecule has 8 heteroatoms. The number of benzene rings is 1. The number of furan rings is 1. The summed E-state index contributed by atoms with van der Waals surface area (Å²) in [7, 11) is 0. The van der Waals surface area contributed by atoms with Crippen LogP contribution in [0.25, 0.3) is 23.2 Å². The number of unbranched alkanes of at least 4 members (excludes halogenated alkanes) is 1. The van der Waals surface area contributed by atoms with Gasteiger partial charge in [-0.05, 0) is 29.0 Å². The van der Waals surface area contributed by atoms with Gasteiger partial charge in [-0.2, -0.15) is 9.94 Å². The van der Waals surface area contributed by atoms with Crippen molar-refractivity contribution in [3.8, 4) is 17.5 Å². The zero-order valence-corrected chi connectivity index (χ0v) is 13.8. The van der Waals surface area contributed by atoms with Gasteiger partial charge in [-0.25, -0.2) is 4.79 Å². The van der Waals surface area contributed by atoms with E-state index < -0.39 is 5.97 Å². The molecule has 0 N–H and O–H groups in total. The summed E-state index contributed by atoms with van der Waals surface area (Å²) in [5.74, 6) is 0.254. The van der Waals surface area contributed by atoms with E-state index in [0.29, 0.717) is 24.4 Å². The fourth-order valence-corrected chi connectivity index (χ4v) is 2.22. The summed E-state index contributed by atoms with van der Waals surface area (Å²) in [5, 5.41) is 20.2. The van der Waals surface area contributed by atoms with Crippen LogP contribution < -0.4 is 0 Å². The van der Waals surface area contributed by atoms with E-state index >= 15 is 0 Å². The predicted octanol–water partition coefficient (Wildman–Crippen LogP) is 2.78. The van der Waals surface area contributed by atoms with E-state index in [9.17, 15) is 4.79 Å². The molecule has 3 rings (SSSR count). The molecule has 0 unspecified atom stereocenters. The zero-order valence-electron chi connectivity index (χ0n) is 13.8. The van der Waals surface area contributed by atoms with Crippen molar-refractivity contribution in [3.05, 3.63) is 54.5 Å². The van der Waals surface area contributed by atoms with Gasteiger partial charge < -0.3 is 9.15 Å². The molecule has 0 amide bonds. The molecule has 0 spiro atoms. The minimum absolute atomic E-state index is 0.112. The molecule has 2 aromatic heterocycles. The number of hydrogen-bond donors (Lipinski definition) is 0. The lowest BCUT2D eigenvalue weighted by atomic mass is 10.2. The standard InChI is InChI=1S/C18H15N5O3/c19-10-4-5-11-26-18(24)16(13-15-9-6-12-25-15)23-17(20-21-22-23)14-7-2-1-3-8-14/h1-3,6-9,12-13H,4-5,11H2/b16-13-. The van der Waals surface area contributed by atoms with E-state index in [4.69, 9.17) is 14.4 Å². The van der Waals surface area contributed by atoms with Gasteiger partial charge in [-0.15, -0.1) is 5.10 Å². The van der Waals surface area contributed by atoms with E-state index in [-0.39, 0.29) is 12.3 Å². The molecular formula is C18H15N5O3. The summed E-state index contributed by atoms with van der Waals surface area (Å²) in [6.07, 6.45) is 3.77. The first-order chi connectivity index (χ1) is 12.8. The summed E-state index contributed by atoms with van der Waals surface area (Å²) in [6.45, 7) is 0.130. The fraction of sp³-hybridized carbons (Fsp3) is 0.167. The SMILES string of the molecule is N#CCCCOC(=O)/C(=C/c1ccco1)n1nnnc1-c1ccccc1. The van der Waals surface area contributed by atoms with Crippen LogP contribution in [-0.4, -0.2) is 32.8 Å². The maximum Gasteiger partial charge on any atom is 0.357 e. The van der Waals surface area contributed by atoms with Crippen molar-refractivity contribution in [1.29, 1.82) is 5.26 Å². The Morgan fingerprint density at radius 3 is 2.85 bits per heavy atom. The third-order valence-corrected chi connectivity index (χ3v) is 3.43. The number of esters is 1. The molecule has 0 fully saturated rings. The van der Waals surface area contributed by atoms with Crippen LogP contribution in [0.3, 0.4) is 0 Å². The van der Waals surface area contributed by atoms with Gasteiger partial charge in [0.05, 0.1) is 18.9 Å². The average molecular weight is 349 g/mol. The molecule has 0 aliphatic heterocycles. The smallest absolute Gasteiger partial charge is 0.357 e. The minimum atomic E-state index is -0.608. The number of hydrogen-bond acceptors (Lipinski definition) is 7. The second kappa shape index (κ2) is 8.39. The van der Waals surface area contributed by atoms with E-state index in [2.05, 4.69) is 15.5 Å².